The van der Waals surface area contributed by atoms with Gasteiger partial charge >= 0.3 is 5.97 Å². The summed E-state index contributed by atoms with van der Waals surface area (Å²) in [6.45, 7) is 5.39. The molecule has 0 saturated carbocycles. The zero-order valence-electron chi connectivity index (χ0n) is 10.7. The number of carbonyl (C=O) groups excluding carboxylic acids is 1. The minimum absolute atomic E-state index is 0.299. The van der Waals surface area contributed by atoms with Crippen LogP contribution in [0.2, 0.25) is 0 Å². The second kappa shape index (κ2) is 6.44. The average Bonchev–Trinajstić information content (AvgIpc) is 2.27. The normalized spacial score (nSPS) is 14.1. The number of hydrogen-bond acceptors (Lipinski definition) is 3. The quantitative estimate of drug-likeness (QED) is 0.824. The van der Waals surface area contributed by atoms with E-state index < -0.39 is 17.7 Å². The van der Waals surface area contributed by atoms with E-state index in [1.165, 1.54) is 12.1 Å². The third-order valence-corrected chi connectivity index (χ3v) is 2.53. The number of ether oxygens (including phenoxy) is 1. The Hall–Kier alpha value is -1.49. The summed E-state index contributed by atoms with van der Waals surface area (Å²) in [5.41, 5.74) is 0.448. The molecule has 0 radical (unpaired) electrons. The highest BCUT2D eigenvalue weighted by molar-refractivity contribution is 5.75. The maximum Gasteiger partial charge on any atom is 0.322 e. The molecule has 0 aromatic heterocycles. The zero-order valence-corrected chi connectivity index (χ0v) is 10.7. The zero-order chi connectivity index (χ0) is 13.7. The molecule has 1 aromatic rings. The lowest BCUT2D eigenvalue weighted by Crippen LogP contribution is -2.37. The molecule has 0 fully saturated rings. The lowest BCUT2D eigenvalue weighted by molar-refractivity contribution is -0.145. The number of carbonyl (C=O) groups is 1. The number of esters is 1. The first-order valence-electron chi connectivity index (χ1n) is 5.82. The van der Waals surface area contributed by atoms with Crippen LogP contribution in [0.3, 0.4) is 0 Å². The molecule has 0 heterocycles. The smallest absolute Gasteiger partial charge is 0.322 e. The van der Waals surface area contributed by atoms with E-state index in [1.807, 2.05) is 0 Å². The Morgan fingerprint density at radius 2 is 1.83 bits per heavy atom. The van der Waals surface area contributed by atoms with Gasteiger partial charge in [-0.2, -0.15) is 0 Å². The number of rotatable bonds is 5. The molecule has 3 nitrogen and oxygen atoms in total. The fourth-order valence-corrected chi connectivity index (χ4v) is 1.63. The Morgan fingerprint density at radius 1 is 1.28 bits per heavy atom. The Morgan fingerprint density at radius 3 is 2.33 bits per heavy atom. The van der Waals surface area contributed by atoms with E-state index in [9.17, 15) is 13.6 Å². The summed E-state index contributed by atoms with van der Waals surface area (Å²) in [5.74, 6) is -1.66. The first-order valence-corrected chi connectivity index (χ1v) is 5.82. The van der Waals surface area contributed by atoms with Crippen LogP contribution in [0.15, 0.2) is 18.2 Å². The number of hydrogen-bond donors (Lipinski definition) is 1. The van der Waals surface area contributed by atoms with Crippen molar-refractivity contribution in [1.82, 2.24) is 5.32 Å². The van der Waals surface area contributed by atoms with Crippen molar-refractivity contribution in [2.45, 2.75) is 32.9 Å². The third-order valence-electron chi connectivity index (χ3n) is 2.53. The molecule has 0 spiro atoms. The molecule has 0 bridgehead atoms. The molecule has 1 aromatic carbocycles. The van der Waals surface area contributed by atoms with Crippen LogP contribution in [0.4, 0.5) is 8.78 Å². The first-order chi connectivity index (χ1) is 8.43. The fourth-order valence-electron chi connectivity index (χ4n) is 1.63. The van der Waals surface area contributed by atoms with Gasteiger partial charge in [-0.3, -0.25) is 10.1 Å². The van der Waals surface area contributed by atoms with Gasteiger partial charge in [-0.25, -0.2) is 8.78 Å². The highest BCUT2D eigenvalue weighted by atomic mass is 19.1. The predicted molar refractivity (Wildman–Crippen MR) is 64.0 cm³/mol. The van der Waals surface area contributed by atoms with Gasteiger partial charge < -0.3 is 4.74 Å². The summed E-state index contributed by atoms with van der Waals surface area (Å²) in [5, 5.41) is 2.93. The first kappa shape index (κ1) is 14.6. The van der Waals surface area contributed by atoms with Crippen molar-refractivity contribution < 1.29 is 18.3 Å². The topological polar surface area (TPSA) is 38.3 Å². The van der Waals surface area contributed by atoms with Crippen molar-refractivity contribution in [2.75, 3.05) is 6.61 Å². The molecule has 1 N–H and O–H groups in total. The molecule has 2 unspecified atom stereocenters. The van der Waals surface area contributed by atoms with Gasteiger partial charge in [0.2, 0.25) is 0 Å². The Kier molecular flexibility index (Phi) is 5.22. The number of benzene rings is 1. The lowest BCUT2D eigenvalue weighted by atomic mass is 10.1. The second-order valence-electron chi connectivity index (χ2n) is 4.06. The van der Waals surface area contributed by atoms with E-state index in [1.54, 1.807) is 20.8 Å². The molecular formula is C13H17F2NO2. The molecule has 5 heteroatoms. The maximum atomic E-state index is 13.0. The summed E-state index contributed by atoms with van der Waals surface area (Å²) in [7, 11) is 0. The van der Waals surface area contributed by atoms with Gasteiger partial charge in [0, 0.05) is 12.1 Å². The average molecular weight is 257 g/mol. The molecule has 0 aliphatic heterocycles. The Bertz CT molecular complexity index is 403. The van der Waals surface area contributed by atoms with Crippen LogP contribution in [-0.4, -0.2) is 18.6 Å². The summed E-state index contributed by atoms with van der Waals surface area (Å²) in [6.07, 6.45) is 0. The molecule has 18 heavy (non-hydrogen) atoms. The van der Waals surface area contributed by atoms with Gasteiger partial charge in [-0.05, 0) is 38.5 Å². The van der Waals surface area contributed by atoms with Gasteiger partial charge in [0.05, 0.1) is 6.61 Å². The van der Waals surface area contributed by atoms with Crippen molar-refractivity contribution in [1.29, 1.82) is 0 Å². The van der Waals surface area contributed by atoms with Gasteiger partial charge in [0.15, 0.2) is 0 Å². The molecule has 1 rings (SSSR count). The highest BCUT2D eigenvalue weighted by Gasteiger charge is 2.17. The van der Waals surface area contributed by atoms with Crippen LogP contribution < -0.4 is 5.32 Å². The fraction of sp³-hybridized carbons (Fsp3) is 0.462. The van der Waals surface area contributed by atoms with Crippen LogP contribution >= 0.6 is 0 Å². The van der Waals surface area contributed by atoms with Gasteiger partial charge in [-0.15, -0.1) is 0 Å². The van der Waals surface area contributed by atoms with Gasteiger partial charge in [-0.1, -0.05) is 0 Å². The van der Waals surface area contributed by atoms with Crippen LogP contribution in [-0.2, 0) is 9.53 Å². The van der Waals surface area contributed by atoms with Crippen LogP contribution in [0.1, 0.15) is 32.4 Å². The van der Waals surface area contributed by atoms with Crippen molar-refractivity contribution in [2.24, 2.45) is 0 Å². The SMILES string of the molecule is CCOC(=O)C(C)NC(C)c1cc(F)cc(F)c1. The molecule has 0 amide bonds. The predicted octanol–water partition coefficient (Wildman–Crippen LogP) is 2.57. The standard InChI is InChI=1S/C13H17F2NO2/c1-4-18-13(17)9(3)16-8(2)10-5-11(14)7-12(15)6-10/h5-9,16H,4H2,1-3H3. The van der Waals surface area contributed by atoms with Crippen molar-refractivity contribution in [3.63, 3.8) is 0 Å². The summed E-state index contributed by atoms with van der Waals surface area (Å²) >= 11 is 0. The summed E-state index contributed by atoms with van der Waals surface area (Å²) in [4.78, 5) is 11.4. The second-order valence-corrected chi connectivity index (χ2v) is 4.06. The molecule has 0 aliphatic carbocycles. The highest BCUT2D eigenvalue weighted by Crippen LogP contribution is 2.16. The van der Waals surface area contributed by atoms with E-state index in [4.69, 9.17) is 4.74 Å². The number of halogens is 2. The largest absolute Gasteiger partial charge is 0.465 e. The van der Waals surface area contributed by atoms with Crippen molar-refractivity contribution in [3.8, 4) is 0 Å². The van der Waals surface area contributed by atoms with E-state index in [0.717, 1.165) is 6.07 Å². The van der Waals surface area contributed by atoms with E-state index in [-0.39, 0.29) is 12.0 Å². The molecule has 0 aliphatic rings. The minimum atomic E-state index is -0.637. The Balaban J connectivity index is 2.69. The lowest BCUT2D eigenvalue weighted by Gasteiger charge is -2.19. The molecular weight excluding hydrogens is 240 g/mol. The third kappa shape index (κ3) is 4.07. The minimum Gasteiger partial charge on any atom is -0.465 e. The monoisotopic (exact) mass is 257 g/mol. The molecule has 2 atom stereocenters. The van der Waals surface area contributed by atoms with Crippen molar-refractivity contribution >= 4 is 5.97 Å². The number of nitrogens with one attached hydrogen (secondary N) is 1. The van der Waals surface area contributed by atoms with E-state index in [2.05, 4.69) is 5.32 Å². The molecule has 0 saturated heterocycles. The molecule has 100 valence electrons. The Labute approximate surface area is 105 Å². The van der Waals surface area contributed by atoms with Crippen LogP contribution in [0, 0.1) is 11.6 Å². The van der Waals surface area contributed by atoms with E-state index >= 15 is 0 Å². The van der Waals surface area contributed by atoms with Crippen LogP contribution in [0.25, 0.3) is 0 Å². The summed E-state index contributed by atoms with van der Waals surface area (Å²) in [6, 6.07) is 2.39. The van der Waals surface area contributed by atoms with Crippen LogP contribution in [0.5, 0.6) is 0 Å². The van der Waals surface area contributed by atoms with Gasteiger partial charge in [0.25, 0.3) is 0 Å². The maximum absolute atomic E-state index is 13.0. The van der Waals surface area contributed by atoms with Gasteiger partial charge in [0.1, 0.15) is 17.7 Å². The van der Waals surface area contributed by atoms with E-state index in [0.29, 0.717) is 12.2 Å². The summed E-state index contributed by atoms with van der Waals surface area (Å²) < 4.78 is 30.9. The van der Waals surface area contributed by atoms with Crippen molar-refractivity contribution in [3.05, 3.63) is 35.4 Å².